The van der Waals surface area contributed by atoms with E-state index >= 15 is 0 Å². The molecule has 2 aromatic rings. The lowest BCUT2D eigenvalue weighted by Gasteiger charge is -2.10. The number of carbonyl (C=O) groups is 2. The number of benzene rings is 1. The fourth-order valence-electron chi connectivity index (χ4n) is 1.55. The standard InChI is InChI=1S/C13H8Cl2N2O4/c14-8-3-7(13(20)21)4-9(15)11(8)17-12(19)6-1-2-10(18)16-5-6/h1-5H,(H,16,18)(H,17,19)(H,20,21). The van der Waals surface area contributed by atoms with Gasteiger partial charge in [-0.15, -0.1) is 0 Å². The number of aromatic amines is 1. The summed E-state index contributed by atoms with van der Waals surface area (Å²) < 4.78 is 0. The van der Waals surface area contributed by atoms with E-state index in [0.717, 1.165) is 0 Å². The van der Waals surface area contributed by atoms with E-state index in [1.807, 2.05) is 0 Å². The average Bonchev–Trinajstić information content (AvgIpc) is 2.43. The van der Waals surface area contributed by atoms with E-state index in [-0.39, 0.29) is 32.4 Å². The summed E-state index contributed by atoms with van der Waals surface area (Å²) in [6, 6.07) is 4.89. The molecule has 1 aromatic heterocycles. The number of carbonyl (C=O) groups excluding carboxylic acids is 1. The molecule has 3 N–H and O–H groups in total. The minimum Gasteiger partial charge on any atom is -0.478 e. The third kappa shape index (κ3) is 3.42. The molecule has 1 heterocycles. The number of H-pyrrole nitrogens is 1. The molecule has 1 aromatic carbocycles. The average molecular weight is 327 g/mol. The monoisotopic (exact) mass is 326 g/mol. The molecule has 0 spiro atoms. The third-order valence-corrected chi connectivity index (χ3v) is 3.17. The predicted molar refractivity (Wildman–Crippen MR) is 78.4 cm³/mol. The smallest absolute Gasteiger partial charge is 0.335 e. The van der Waals surface area contributed by atoms with Crippen LogP contribution in [0.5, 0.6) is 0 Å². The highest BCUT2D eigenvalue weighted by Gasteiger charge is 2.15. The normalized spacial score (nSPS) is 10.2. The lowest BCUT2D eigenvalue weighted by atomic mass is 10.2. The first kappa shape index (κ1) is 15.1. The molecule has 21 heavy (non-hydrogen) atoms. The van der Waals surface area contributed by atoms with Gasteiger partial charge in [0.05, 0.1) is 26.9 Å². The van der Waals surface area contributed by atoms with Crippen molar-refractivity contribution in [3.05, 3.63) is 62.0 Å². The van der Waals surface area contributed by atoms with Crippen LogP contribution in [0.25, 0.3) is 0 Å². The van der Waals surface area contributed by atoms with Crippen molar-refractivity contribution in [2.45, 2.75) is 0 Å². The molecule has 0 saturated heterocycles. The van der Waals surface area contributed by atoms with Crippen LogP contribution in [0.2, 0.25) is 10.0 Å². The van der Waals surface area contributed by atoms with Gasteiger partial charge < -0.3 is 15.4 Å². The van der Waals surface area contributed by atoms with Crippen molar-refractivity contribution < 1.29 is 14.7 Å². The van der Waals surface area contributed by atoms with Crippen LogP contribution >= 0.6 is 23.2 Å². The first-order chi connectivity index (χ1) is 9.88. The van der Waals surface area contributed by atoms with E-state index in [2.05, 4.69) is 10.3 Å². The summed E-state index contributed by atoms with van der Waals surface area (Å²) in [5.74, 6) is -1.73. The number of halogens is 2. The van der Waals surface area contributed by atoms with E-state index in [1.165, 1.54) is 30.5 Å². The largest absolute Gasteiger partial charge is 0.478 e. The van der Waals surface area contributed by atoms with E-state index in [0.29, 0.717) is 0 Å². The first-order valence-electron chi connectivity index (χ1n) is 5.61. The Kier molecular flexibility index (Phi) is 4.30. The summed E-state index contributed by atoms with van der Waals surface area (Å²) in [4.78, 5) is 36.1. The quantitative estimate of drug-likeness (QED) is 0.807. The predicted octanol–water partition coefficient (Wildman–Crippen LogP) is 2.63. The Labute approximate surface area is 128 Å². The number of hydrogen-bond acceptors (Lipinski definition) is 3. The molecule has 0 saturated carbocycles. The number of carboxylic acids is 1. The Bertz CT molecular complexity index is 742. The Morgan fingerprint density at radius 1 is 1.10 bits per heavy atom. The van der Waals surface area contributed by atoms with Gasteiger partial charge in [0.15, 0.2) is 0 Å². The van der Waals surface area contributed by atoms with Gasteiger partial charge in [-0.05, 0) is 18.2 Å². The van der Waals surface area contributed by atoms with Crippen LogP contribution in [0.1, 0.15) is 20.7 Å². The molecule has 0 aliphatic carbocycles. The molecule has 2 rings (SSSR count). The van der Waals surface area contributed by atoms with Gasteiger partial charge in [-0.2, -0.15) is 0 Å². The van der Waals surface area contributed by atoms with Crippen LogP contribution in [0.4, 0.5) is 5.69 Å². The number of nitrogens with one attached hydrogen (secondary N) is 2. The van der Waals surface area contributed by atoms with E-state index < -0.39 is 11.9 Å². The SMILES string of the molecule is O=C(O)c1cc(Cl)c(NC(=O)c2ccc(=O)[nH]c2)c(Cl)c1. The summed E-state index contributed by atoms with van der Waals surface area (Å²) >= 11 is 11.8. The minimum atomic E-state index is -1.18. The summed E-state index contributed by atoms with van der Waals surface area (Å²) in [5, 5.41) is 11.3. The highest BCUT2D eigenvalue weighted by molar-refractivity contribution is 6.40. The van der Waals surface area contributed by atoms with Gasteiger partial charge in [0.25, 0.3) is 5.91 Å². The number of amides is 1. The van der Waals surface area contributed by atoms with Crippen molar-refractivity contribution >= 4 is 40.8 Å². The Morgan fingerprint density at radius 2 is 1.71 bits per heavy atom. The second-order valence-corrected chi connectivity index (χ2v) is 4.83. The van der Waals surface area contributed by atoms with Crippen LogP contribution in [0.3, 0.4) is 0 Å². The molecular weight excluding hydrogens is 319 g/mol. The number of rotatable bonds is 3. The van der Waals surface area contributed by atoms with Crippen molar-refractivity contribution in [1.82, 2.24) is 4.98 Å². The maximum absolute atomic E-state index is 12.0. The van der Waals surface area contributed by atoms with Gasteiger partial charge in [0.1, 0.15) is 0 Å². The summed E-state index contributed by atoms with van der Waals surface area (Å²) in [7, 11) is 0. The molecule has 0 aliphatic rings. The molecule has 0 unspecified atom stereocenters. The number of pyridine rings is 1. The van der Waals surface area contributed by atoms with E-state index in [4.69, 9.17) is 28.3 Å². The third-order valence-electron chi connectivity index (χ3n) is 2.57. The number of aromatic nitrogens is 1. The first-order valence-corrected chi connectivity index (χ1v) is 6.36. The lowest BCUT2D eigenvalue weighted by Crippen LogP contribution is -2.15. The summed E-state index contributed by atoms with van der Waals surface area (Å²) in [6.07, 6.45) is 1.24. The van der Waals surface area contributed by atoms with Crippen molar-refractivity contribution in [3.8, 4) is 0 Å². The Hall–Kier alpha value is -2.31. The van der Waals surface area contributed by atoms with Gasteiger partial charge in [0, 0.05) is 12.3 Å². The lowest BCUT2D eigenvalue weighted by molar-refractivity contribution is 0.0696. The number of carboxylic acid groups (broad SMARTS) is 1. The van der Waals surface area contributed by atoms with Crippen molar-refractivity contribution in [1.29, 1.82) is 0 Å². The molecule has 0 radical (unpaired) electrons. The fraction of sp³-hybridized carbons (Fsp3) is 0. The molecule has 6 nitrogen and oxygen atoms in total. The second kappa shape index (κ2) is 5.99. The zero-order valence-electron chi connectivity index (χ0n) is 10.3. The van der Waals surface area contributed by atoms with Gasteiger partial charge >= 0.3 is 5.97 Å². The van der Waals surface area contributed by atoms with Crippen LogP contribution in [0, 0.1) is 0 Å². The van der Waals surface area contributed by atoms with Crippen molar-refractivity contribution in [3.63, 3.8) is 0 Å². The molecular formula is C13H8Cl2N2O4. The van der Waals surface area contributed by atoms with Crippen LogP contribution in [-0.2, 0) is 0 Å². The number of hydrogen-bond donors (Lipinski definition) is 3. The second-order valence-electron chi connectivity index (χ2n) is 4.02. The maximum atomic E-state index is 12.0. The molecule has 0 aliphatic heterocycles. The van der Waals surface area contributed by atoms with Crippen molar-refractivity contribution in [2.75, 3.05) is 5.32 Å². The van der Waals surface area contributed by atoms with Gasteiger partial charge in [-0.25, -0.2) is 4.79 Å². The molecule has 1 amide bonds. The summed E-state index contributed by atoms with van der Waals surface area (Å²) in [5.41, 5.74) is -0.135. The summed E-state index contributed by atoms with van der Waals surface area (Å²) in [6.45, 7) is 0. The van der Waals surface area contributed by atoms with E-state index in [9.17, 15) is 14.4 Å². The van der Waals surface area contributed by atoms with Crippen LogP contribution in [-0.4, -0.2) is 22.0 Å². The fourth-order valence-corrected chi connectivity index (χ4v) is 2.14. The van der Waals surface area contributed by atoms with Gasteiger partial charge in [0.2, 0.25) is 5.56 Å². The van der Waals surface area contributed by atoms with Crippen molar-refractivity contribution in [2.24, 2.45) is 0 Å². The van der Waals surface area contributed by atoms with Crippen LogP contribution < -0.4 is 10.9 Å². The van der Waals surface area contributed by atoms with E-state index in [1.54, 1.807) is 0 Å². The number of anilines is 1. The minimum absolute atomic E-state index is 0.00215. The zero-order chi connectivity index (χ0) is 15.6. The molecule has 108 valence electrons. The molecule has 8 heteroatoms. The van der Waals surface area contributed by atoms with Crippen LogP contribution in [0.15, 0.2) is 35.3 Å². The Balaban J connectivity index is 2.31. The Morgan fingerprint density at radius 3 is 2.19 bits per heavy atom. The maximum Gasteiger partial charge on any atom is 0.335 e. The molecule has 0 atom stereocenters. The molecule has 0 bridgehead atoms. The zero-order valence-corrected chi connectivity index (χ0v) is 11.8. The van der Waals surface area contributed by atoms with Gasteiger partial charge in [-0.3, -0.25) is 9.59 Å². The molecule has 0 fully saturated rings. The topological polar surface area (TPSA) is 99.3 Å². The highest BCUT2D eigenvalue weighted by atomic mass is 35.5. The van der Waals surface area contributed by atoms with Gasteiger partial charge in [-0.1, -0.05) is 23.2 Å². The number of aromatic carboxylic acids is 1. The highest BCUT2D eigenvalue weighted by Crippen LogP contribution is 2.32.